The number of hydrogen-bond acceptors (Lipinski definition) is 13. The third-order valence-electron chi connectivity index (χ3n) is 9.18. The highest BCUT2D eigenvalue weighted by atomic mass is 16.6. The maximum atomic E-state index is 11.2. The number of carbonyl (C=O) groups excluding carboxylic acids is 2. The quantitative estimate of drug-likeness (QED) is 0.0233. The van der Waals surface area contributed by atoms with Gasteiger partial charge in [-0.25, -0.2) is 0 Å². The van der Waals surface area contributed by atoms with Crippen LogP contribution in [0.5, 0.6) is 11.5 Å². The third-order valence-corrected chi connectivity index (χ3v) is 9.18. The van der Waals surface area contributed by atoms with Crippen LogP contribution in [-0.2, 0) is 23.8 Å². The van der Waals surface area contributed by atoms with Gasteiger partial charge in [-0.05, 0) is 76.6 Å². The monoisotopic (exact) mass is 897 g/mol. The molecule has 64 heavy (non-hydrogen) atoms. The molecule has 0 spiro atoms. The SMILES string of the molecule is CC=C1CCC1.CCCC.CCCOC(=O)CCC.CCCOCCOCCN(C)C(=O)CC.COc1cc(NNc2ccc([N+](=O)[O-])cc2)c(OC)cc1NNc1ccc(C)cc1. The van der Waals surface area contributed by atoms with E-state index >= 15 is 0 Å². The molecule has 1 amide bonds. The first-order valence-corrected chi connectivity index (χ1v) is 22.7. The minimum absolute atomic E-state index is 0.0244. The van der Waals surface area contributed by atoms with E-state index < -0.39 is 4.92 Å². The molecule has 4 rings (SSSR count). The number of nitrogens with one attached hydrogen (secondary N) is 4. The van der Waals surface area contributed by atoms with Crippen molar-refractivity contribution in [1.29, 1.82) is 0 Å². The van der Waals surface area contributed by atoms with Gasteiger partial charge in [0.2, 0.25) is 5.91 Å². The van der Waals surface area contributed by atoms with Gasteiger partial charge in [0.15, 0.2) is 0 Å². The van der Waals surface area contributed by atoms with E-state index in [0.29, 0.717) is 74.4 Å². The molecule has 1 aliphatic carbocycles. The minimum Gasteiger partial charge on any atom is -0.494 e. The normalized spacial score (nSPS) is 10.8. The van der Waals surface area contributed by atoms with Gasteiger partial charge in [0, 0.05) is 57.3 Å². The lowest BCUT2D eigenvalue weighted by molar-refractivity contribution is -0.384. The van der Waals surface area contributed by atoms with Crippen LogP contribution in [0.3, 0.4) is 0 Å². The van der Waals surface area contributed by atoms with Crippen molar-refractivity contribution < 1.29 is 38.2 Å². The van der Waals surface area contributed by atoms with Gasteiger partial charge in [-0.2, -0.15) is 0 Å². The van der Waals surface area contributed by atoms with Crippen molar-refractivity contribution in [1.82, 2.24) is 4.90 Å². The molecule has 15 heteroatoms. The molecule has 4 N–H and O–H groups in total. The molecular weight excluding hydrogens is 817 g/mol. The summed E-state index contributed by atoms with van der Waals surface area (Å²) in [5, 5.41) is 10.8. The van der Waals surface area contributed by atoms with Crippen LogP contribution in [0, 0.1) is 17.0 Å². The summed E-state index contributed by atoms with van der Waals surface area (Å²) < 4.78 is 26.3. The minimum atomic E-state index is -0.443. The molecule has 0 aromatic heterocycles. The van der Waals surface area contributed by atoms with E-state index in [2.05, 4.69) is 55.5 Å². The zero-order chi connectivity index (χ0) is 48.0. The molecule has 0 saturated heterocycles. The average Bonchev–Trinajstić information content (AvgIpc) is 3.29. The fraction of sp³-hybridized carbons (Fsp3) is 0.551. The van der Waals surface area contributed by atoms with E-state index in [4.69, 9.17) is 23.7 Å². The second-order valence-electron chi connectivity index (χ2n) is 14.6. The van der Waals surface area contributed by atoms with Crippen molar-refractivity contribution >= 4 is 40.3 Å². The number of aryl methyl sites for hydroxylation is 1. The highest BCUT2D eigenvalue weighted by molar-refractivity contribution is 5.75. The number of nitrogens with zero attached hydrogens (tertiary/aromatic N) is 2. The number of anilines is 4. The third kappa shape index (κ3) is 27.5. The number of nitro groups is 1. The van der Waals surface area contributed by atoms with Gasteiger partial charge in [0.1, 0.15) is 11.5 Å². The van der Waals surface area contributed by atoms with Crippen LogP contribution in [0.2, 0.25) is 0 Å². The van der Waals surface area contributed by atoms with E-state index in [1.807, 2.05) is 52.0 Å². The second kappa shape index (κ2) is 38.0. The fourth-order valence-electron chi connectivity index (χ4n) is 4.90. The highest BCUT2D eigenvalue weighted by Crippen LogP contribution is 2.36. The molecule has 360 valence electrons. The maximum Gasteiger partial charge on any atom is 0.305 e. The van der Waals surface area contributed by atoms with Gasteiger partial charge in [-0.1, -0.05) is 83.7 Å². The number of nitro benzene ring substituents is 1. The van der Waals surface area contributed by atoms with Crippen LogP contribution >= 0.6 is 0 Å². The number of carbonyl (C=O) groups is 2. The van der Waals surface area contributed by atoms with Crippen molar-refractivity contribution in [2.75, 3.05) is 82.5 Å². The van der Waals surface area contributed by atoms with Crippen LogP contribution in [0.4, 0.5) is 28.4 Å². The summed E-state index contributed by atoms with van der Waals surface area (Å²) in [6, 6.07) is 17.6. The van der Waals surface area contributed by atoms with E-state index in [9.17, 15) is 19.7 Å². The van der Waals surface area contributed by atoms with Crippen LogP contribution < -0.4 is 31.2 Å². The van der Waals surface area contributed by atoms with Crippen LogP contribution in [0.1, 0.15) is 118 Å². The van der Waals surface area contributed by atoms with Crippen LogP contribution in [-0.4, -0.2) is 82.5 Å². The summed E-state index contributed by atoms with van der Waals surface area (Å²) in [5.41, 5.74) is 18.0. The van der Waals surface area contributed by atoms with E-state index in [1.165, 1.54) is 49.8 Å². The number of non-ortho nitro benzene ring substituents is 1. The number of rotatable bonds is 23. The first-order valence-electron chi connectivity index (χ1n) is 22.7. The molecule has 3 aromatic carbocycles. The largest absolute Gasteiger partial charge is 0.494 e. The van der Waals surface area contributed by atoms with Gasteiger partial charge in [-0.15, -0.1) is 0 Å². The molecule has 1 fully saturated rings. The Morgan fingerprint density at radius 3 is 1.58 bits per heavy atom. The van der Waals surface area contributed by atoms with Crippen molar-refractivity contribution in [3.63, 3.8) is 0 Å². The number of methoxy groups -OCH3 is 2. The number of ether oxygens (including phenoxy) is 5. The zero-order valence-corrected chi connectivity index (χ0v) is 40.7. The van der Waals surface area contributed by atoms with Crippen molar-refractivity contribution in [2.24, 2.45) is 0 Å². The van der Waals surface area contributed by atoms with Crippen LogP contribution in [0.25, 0.3) is 0 Å². The van der Waals surface area contributed by atoms with Crippen molar-refractivity contribution in [3.8, 4) is 11.5 Å². The average molecular weight is 897 g/mol. The molecule has 0 unspecified atom stereocenters. The molecule has 3 aromatic rings. The van der Waals surface area contributed by atoms with Crippen LogP contribution in [0.15, 0.2) is 72.3 Å². The summed E-state index contributed by atoms with van der Waals surface area (Å²) >= 11 is 0. The number of benzene rings is 3. The number of amides is 1. The predicted molar refractivity (Wildman–Crippen MR) is 263 cm³/mol. The van der Waals surface area contributed by atoms with Gasteiger partial charge < -0.3 is 39.4 Å². The number of unbranched alkanes of at least 4 members (excludes halogenated alkanes) is 1. The summed E-state index contributed by atoms with van der Waals surface area (Å²) in [7, 11) is 4.94. The Labute approximate surface area is 384 Å². The van der Waals surface area contributed by atoms with Crippen molar-refractivity contribution in [3.05, 3.63) is 88.0 Å². The topological polar surface area (TPSA) is 175 Å². The molecule has 0 bridgehead atoms. The molecule has 15 nitrogen and oxygen atoms in total. The summed E-state index contributed by atoms with van der Waals surface area (Å²) in [6.07, 6.45) is 13.0. The Balaban J connectivity index is 0.000000961. The van der Waals surface area contributed by atoms with Crippen molar-refractivity contribution in [2.45, 2.75) is 120 Å². The number of esters is 1. The van der Waals surface area contributed by atoms with E-state index in [1.54, 1.807) is 56.0 Å². The van der Waals surface area contributed by atoms with E-state index in [-0.39, 0.29) is 17.6 Å². The zero-order valence-electron chi connectivity index (χ0n) is 40.7. The lowest BCUT2D eigenvalue weighted by Gasteiger charge is -2.18. The number of likely N-dealkylation sites (N-methyl/N-ethyl adjacent to an activating group) is 1. The fourth-order valence-corrected chi connectivity index (χ4v) is 4.90. The Morgan fingerprint density at radius 1 is 0.703 bits per heavy atom. The summed E-state index contributed by atoms with van der Waals surface area (Å²) in [4.78, 5) is 33.8. The first kappa shape index (κ1) is 58.5. The molecule has 0 atom stereocenters. The lowest BCUT2D eigenvalue weighted by atomic mass is 9.93. The molecular formula is C49H80N6O9. The number of hydrogen-bond donors (Lipinski definition) is 4. The van der Waals surface area contributed by atoms with Gasteiger partial charge in [0.25, 0.3) is 5.69 Å². The standard InChI is InChI=1S/C21H23N5O4.C11H23NO3.C7H14O2.C6H10.C4H10/c1-14-4-6-15(7-5-14)22-24-18-12-21(30-3)19(13-20(18)29-2)25-23-16-8-10-17(11-9-16)26(27)28;1-4-7-14-9-10-15-8-6-12(3)11(13)5-2;1-3-5-7(8)9-6-4-2;1-2-6-4-3-5-6;1-3-4-2/h4-13,22-25H,1-3H3;4-10H2,1-3H3;3-6H2,1-2H3;2H,3-5H2,1H3;3-4H2,1-2H3. The molecule has 1 aliphatic rings. The number of hydrazine groups is 2. The van der Waals surface area contributed by atoms with Gasteiger partial charge >= 0.3 is 5.97 Å². The second-order valence-corrected chi connectivity index (χ2v) is 14.6. The smallest absolute Gasteiger partial charge is 0.305 e. The maximum absolute atomic E-state index is 11.2. The van der Waals surface area contributed by atoms with E-state index in [0.717, 1.165) is 31.6 Å². The molecule has 0 heterocycles. The molecule has 0 radical (unpaired) electrons. The summed E-state index contributed by atoms with van der Waals surface area (Å²) in [5.74, 6) is 1.24. The van der Waals surface area contributed by atoms with Gasteiger partial charge in [0.05, 0.1) is 68.3 Å². The molecule has 0 aliphatic heterocycles. The van der Waals surface area contributed by atoms with Gasteiger partial charge in [-0.3, -0.25) is 30.6 Å². The summed E-state index contributed by atoms with van der Waals surface area (Å²) in [6.45, 7) is 20.2. The first-order chi connectivity index (χ1) is 30.9. The molecule has 1 saturated carbocycles. The highest BCUT2D eigenvalue weighted by Gasteiger charge is 2.12. The lowest BCUT2D eigenvalue weighted by Crippen LogP contribution is -2.29. The Hall–Kier alpha value is -5.54. The Morgan fingerprint density at radius 2 is 1.20 bits per heavy atom. The number of allylic oxidation sites excluding steroid dienone is 2. The predicted octanol–water partition coefficient (Wildman–Crippen LogP) is 11.8. The Bertz CT molecular complexity index is 1700. The Kier molecular flexibility index (Phi) is 34.7.